The highest BCUT2D eigenvalue weighted by molar-refractivity contribution is 6.31. The van der Waals surface area contributed by atoms with Crippen molar-refractivity contribution < 1.29 is 27.4 Å². The van der Waals surface area contributed by atoms with Gasteiger partial charge in [0.05, 0.1) is 23.8 Å². The number of carbonyl (C=O) groups is 1. The molecule has 0 aromatic heterocycles. The number of anilines is 1. The topological polar surface area (TPSA) is 47.6 Å². The van der Waals surface area contributed by atoms with E-state index in [1.165, 1.54) is 18.2 Å². The highest BCUT2D eigenvalue weighted by Gasteiger charge is 2.33. The number of amides is 1. The van der Waals surface area contributed by atoms with Crippen LogP contribution in [0.15, 0.2) is 42.5 Å². The molecule has 1 amide bonds. The molecule has 0 fully saturated rings. The smallest absolute Gasteiger partial charge is 0.417 e. The van der Waals surface area contributed by atoms with Gasteiger partial charge in [0.15, 0.2) is 11.5 Å². The standard InChI is InChI=1S/C20H19ClF3NO3/c1-3-27-17-9-5-13(11-18(17)28-4-2)6-10-19(26)25-14-7-8-16(21)15(12-14)20(22,23)24/h5-12H,3-4H2,1-2H3,(H,25,26). The number of hydrogen-bond acceptors (Lipinski definition) is 3. The summed E-state index contributed by atoms with van der Waals surface area (Å²) in [5.74, 6) is 0.550. The van der Waals surface area contributed by atoms with Crippen LogP contribution >= 0.6 is 11.6 Å². The lowest BCUT2D eigenvalue weighted by Crippen LogP contribution is -2.11. The Morgan fingerprint density at radius 3 is 2.39 bits per heavy atom. The molecule has 0 unspecified atom stereocenters. The molecule has 150 valence electrons. The van der Waals surface area contributed by atoms with Gasteiger partial charge in [-0.25, -0.2) is 0 Å². The Bertz CT molecular complexity index is 866. The number of ether oxygens (including phenoxy) is 2. The van der Waals surface area contributed by atoms with Gasteiger partial charge in [0.1, 0.15) is 0 Å². The molecule has 0 bridgehead atoms. The first-order chi connectivity index (χ1) is 13.2. The lowest BCUT2D eigenvalue weighted by atomic mass is 10.1. The molecule has 0 spiro atoms. The van der Waals surface area contributed by atoms with E-state index >= 15 is 0 Å². The minimum Gasteiger partial charge on any atom is -0.490 e. The van der Waals surface area contributed by atoms with Crippen molar-refractivity contribution in [1.29, 1.82) is 0 Å². The van der Waals surface area contributed by atoms with Crippen LogP contribution in [0.3, 0.4) is 0 Å². The van der Waals surface area contributed by atoms with Crippen molar-refractivity contribution >= 4 is 29.3 Å². The lowest BCUT2D eigenvalue weighted by molar-refractivity contribution is -0.137. The average molecular weight is 414 g/mol. The van der Waals surface area contributed by atoms with Gasteiger partial charge in [-0.1, -0.05) is 17.7 Å². The predicted molar refractivity (Wildman–Crippen MR) is 103 cm³/mol. The minimum absolute atomic E-state index is 0.00641. The summed E-state index contributed by atoms with van der Waals surface area (Å²) in [7, 11) is 0. The minimum atomic E-state index is -4.61. The van der Waals surface area contributed by atoms with E-state index in [0.29, 0.717) is 30.3 Å². The van der Waals surface area contributed by atoms with Crippen LogP contribution in [0.2, 0.25) is 5.02 Å². The average Bonchev–Trinajstić information content (AvgIpc) is 2.63. The van der Waals surface area contributed by atoms with E-state index < -0.39 is 22.7 Å². The van der Waals surface area contributed by atoms with E-state index in [4.69, 9.17) is 21.1 Å². The van der Waals surface area contributed by atoms with Gasteiger partial charge in [-0.3, -0.25) is 4.79 Å². The van der Waals surface area contributed by atoms with Crippen molar-refractivity contribution in [3.63, 3.8) is 0 Å². The molecule has 0 saturated heterocycles. The number of hydrogen-bond donors (Lipinski definition) is 1. The lowest BCUT2D eigenvalue weighted by Gasteiger charge is -2.11. The highest BCUT2D eigenvalue weighted by atomic mass is 35.5. The third-order valence-electron chi connectivity index (χ3n) is 3.53. The van der Waals surface area contributed by atoms with Gasteiger partial charge in [0.2, 0.25) is 5.91 Å². The molecular weight excluding hydrogens is 395 g/mol. The summed E-state index contributed by atoms with van der Waals surface area (Å²) in [6, 6.07) is 8.35. The first-order valence-electron chi connectivity index (χ1n) is 8.50. The monoisotopic (exact) mass is 413 g/mol. The Balaban J connectivity index is 2.13. The SMILES string of the molecule is CCOc1ccc(C=CC(=O)Nc2ccc(Cl)c(C(F)(F)F)c2)cc1OCC. The zero-order valence-electron chi connectivity index (χ0n) is 15.3. The van der Waals surface area contributed by atoms with Crippen LogP contribution in [0.4, 0.5) is 18.9 Å². The molecule has 0 aliphatic carbocycles. The number of carbonyl (C=O) groups excluding carboxylic acids is 1. The zero-order valence-corrected chi connectivity index (χ0v) is 16.0. The van der Waals surface area contributed by atoms with Gasteiger partial charge in [-0.15, -0.1) is 0 Å². The molecule has 0 aliphatic rings. The van der Waals surface area contributed by atoms with E-state index in [2.05, 4.69) is 5.32 Å². The molecule has 4 nitrogen and oxygen atoms in total. The second-order valence-corrected chi connectivity index (χ2v) is 5.99. The van der Waals surface area contributed by atoms with Gasteiger partial charge < -0.3 is 14.8 Å². The Morgan fingerprint density at radius 1 is 1.07 bits per heavy atom. The van der Waals surface area contributed by atoms with E-state index in [0.717, 1.165) is 12.1 Å². The zero-order chi connectivity index (χ0) is 20.7. The fraction of sp³-hybridized carbons (Fsp3) is 0.250. The molecule has 2 rings (SSSR count). The molecule has 0 radical (unpaired) electrons. The van der Waals surface area contributed by atoms with Gasteiger partial charge >= 0.3 is 6.18 Å². The Hall–Kier alpha value is -2.67. The fourth-order valence-corrected chi connectivity index (χ4v) is 2.57. The summed E-state index contributed by atoms with van der Waals surface area (Å²) in [6.45, 7) is 4.63. The van der Waals surface area contributed by atoms with Crippen LogP contribution in [-0.2, 0) is 11.0 Å². The van der Waals surface area contributed by atoms with Gasteiger partial charge in [0, 0.05) is 11.8 Å². The molecule has 0 heterocycles. The molecule has 28 heavy (non-hydrogen) atoms. The summed E-state index contributed by atoms with van der Waals surface area (Å²) < 4.78 is 49.6. The van der Waals surface area contributed by atoms with Crippen LogP contribution in [0.5, 0.6) is 11.5 Å². The van der Waals surface area contributed by atoms with Crippen LogP contribution in [-0.4, -0.2) is 19.1 Å². The Kier molecular flexibility index (Phi) is 7.34. The molecular formula is C20H19ClF3NO3. The van der Waals surface area contributed by atoms with Gasteiger partial charge in [-0.05, 0) is 55.8 Å². The maximum Gasteiger partial charge on any atom is 0.417 e. The number of nitrogens with one attached hydrogen (secondary N) is 1. The summed E-state index contributed by atoms with van der Waals surface area (Å²) in [5, 5.41) is 1.95. The summed E-state index contributed by atoms with van der Waals surface area (Å²) >= 11 is 5.57. The quantitative estimate of drug-likeness (QED) is 0.583. The third-order valence-corrected chi connectivity index (χ3v) is 3.86. The van der Waals surface area contributed by atoms with Crippen LogP contribution in [0.1, 0.15) is 25.0 Å². The van der Waals surface area contributed by atoms with Crippen LogP contribution in [0.25, 0.3) is 6.08 Å². The number of alkyl halides is 3. The van der Waals surface area contributed by atoms with Crippen LogP contribution < -0.4 is 14.8 Å². The number of rotatable bonds is 7. The van der Waals surface area contributed by atoms with Crippen molar-refractivity contribution in [3.05, 3.63) is 58.6 Å². The summed E-state index contributed by atoms with van der Waals surface area (Å²) in [5.41, 5.74) is -0.342. The maximum absolute atomic E-state index is 12.9. The molecule has 2 aromatic carbocycles. The predicted octanol–water partition coefficient (Wildman–Crippen LogP) is 5.81. The van der Waals surface area contributed by atoms with Crippen LogP contribution in [0, 0.1) is 0 Å². The van der Waals surface area contributed by atoms with Crippen molar-refractivity contribution in [2.24, 2.45) is 0 Å². The van der Waals surface area contributed by atoms with Crippen molar-refractivity contribution in [1.82, 2.24) is 0 Å². The maximum atomic E-state index is 12.9. The normalized spacial score (nSPS) is 11.5. The largest absolute Gasteiger partial charge is 0.490 e. The molecule has 1 N–H and O–H groups in total. The molecule has 0 aliphatic heterocycles. The van der Waals surface area contributed by atoms with Gasteiger partial charge in [-0.2, -0.15) is 13.2 Å². The number of halogens is 4. The summed E-state index contributed by atoms with van der Waals surface area (Å²) in [4.78, 5) is 12.0. The fourth-order valence-electron chi connectivity index (χ4n) is 2.35. The number of benzene rings is 2. The third kappa shape index (κ3) is 5.92. The van der Waals surface area contributed by atoms with Crippen molar-refractivity contribution in [2.75, 3.05) is 18.5 Å². The van der Waals surface area contributed by atoms with Crippen molar-refractivity contribution in [3.8, 4) is 11.5 Å². The van der Waals surface area contributed by atoms with E-state index in [1.807, 2.05) is 13.8 Å². The summed E-state index contributed by atoms with van der Waals surface area (Å²) in [6.07, 6.45) is -1.87. The van der Waals surface area contributed by atoms with E-state index in [-0.39, 0.29) is 5.69 Å². The molecule has 0 saturated carbocycles. The Morgan fingerprint density at radius 2 is 1.75 bits per heavy atom. The van der Waals surface area contributed by atoms with E-state index in [9.17, 15) is 18.0 Å². The molecule has 2 aromatic rings. The van der Waals surface area contributed by atoms with E-state index in [1.54, 1.807) is 18.2 Å². The first-order valence-corrected chi connectivity index (χ1v) is 8.87. The highest BCUT2D eigenvalue weighted by Crippen LogP contribution is 2.36. The second-order valence-electron chi connectivity index (χ2n) is 5.59. The first kappa shape index (κ1) is 21.6. The van der Waals surface area contributed by atoms with Crippen molar-refractivity contribution in [2.45, 2.75) is 20.0 Å². The van der Waals surface area contributed by atoms with Gasteiger partial charge in [0.25, 0.3) is 0 Å². The molecule has 0 atom stereocenters. The Labute approximate surface area is 165 Å². The second kappa shape index (κ2) is 9.50. The molecule has 8 heteroatoms.